The minimum absolute atomic E-state index is 0.0457. The van der Waals surface area contributed by atoms with E-state index in [4.69, 9.17) is 27.9 Å². The Labute approximate surface area is 185 Å². The number of halogens is 2. The molecule has 162 valence electrons. The average molecular weight is 454 g/mol. The number of esters is 1. The average Bonchev–Trinajstić information content (AvgIpc) is 2.67. The quantitative estimate of drug-likeness (QED) is 0.642. The lowest BCUT2D eigenvalue weighted by Gasteiger charge is -2.55. The Kier molecular flexibility index (Phi) is 5.95. The van der Waals surface area contributed by atoms with Gasteiger partial charge in [0.05, 0.1) is 15.7 Å². The third-order valence-corrected chi connectivity index (χ3v) is 7.31. The number of nitrogens with zero attached hydrogens (tertiary/aromatic N) is 1. The topological polar surface area (TPSA) is 97.4 Å². The van der Waals surface area contributed by atoms with E-state index < -0.39 is 18.5 Å². The lowest BCUT2D eigenvalue weighted by atomic mass is 9.49. The highest BCUT2D eigenvalue weighted by atomic mass is 35.5. The van der Waals surface area contributed by atoms with Crippen molar-refractivity contribution in [3.8, 4) is 0 Å². The largest absolute Gasteiger partial charge is 0.454 e. The molecular weight excluding hydrogens is 429 g/mol. The van der Waals surface area contributed by atoms with Crippen molar-refractivity contribution < 1.29 is 19.1 Å². The van der Waals surface area contributed by atoms with Gasteiger partial charge in [-0.3, -0.25) is 14.4 Å². The van der Waals surface area contributed by atoms with Crippen molar-refractivity contribution in [2.45, 2.75) is 45.4 Å². The summed E-state index contributed by atoms with van der Waals surface area (Å²) in [4.78, 5) is 41.0. The summed E-state index contributed by atoms with van der Waals surface area (Å²) in [6.45, 7) is 0.944. The molecule has 5 rings (SSSR count). The molecule has 0 unspecified atom stereocenters. The van der Waals surface area contributed by atoms with Gasteiger partial charge in [-0.2, -0.15) is 0 Å². The van der Waals surface area contributed by atoms with Crippen molar-refractivity contribution in [3.05, 3.63) is 21.8 Å². The van der Waals surface area contributed by atoms with E-state index in [1.165, 1.54) is 25.3 Å². The normalized spacial score (nSPS) is 28.8. The fourth-order valence-corrected chi connectivity index (χ4v) is 6.15. The Hall–Kier alpha value is -1.86. The van der Waals surface area contributed by atoms with Gasteiger partial charge in [-0.15, -0.1) is 0 Å². The number of pyridine rings is 1. The number of hydrogen-bond donors (Lipinski definition) is 2. The number of aromatic nitrogens is 1. The zero-order valence-corrected chi connectivity index (χ0v) is 18.3. The third-order valence-electron chi connectivity index (χ3n) is 6.64. The Morgan fingerprint density at radius 2 is 1.70 bits per heavy atom. The molecule has 7 nitrogen and oxygen atoms in total. The first-order valence-electron chi connectivity index (χ1n) is 10.3. The number of aryl methyl sites for hydroxylation is 1. The van der Waals surface area contributed by atoms with Gasteiger partial charge >= 0.3 is 5.97 Å². The van der Waals surface area contributed by atoms with Crippen LogP contribution in [-0.2, 0) is 19.1 Å². The molecule has 1 aromatic heterocycles. The van der Waals surface area contributed by atoms with Gasteiger partial charge < -0.3 is 15.4 Å². The van der Waals surface area contributed by atoms with Crippen LogP contribution in [0.5, 0.6) is 0 Å². The van der Waals surface area contributed by atoms with Gasteiger partial charge in [0.15, 0.2) is 12.4 Å². The predicted molar refractivity (Wildman–Crippen MR) is 112 cm³/mol. The molecule has 9 heteroatoms. The maximum atomic E-state index is 12.8. The molecule has 4 fully saturated rings. The van der Waals surface area contributed by atoms with Crippen LogP contribution in [0.3, 0.4) is 0 Å². The van der Waals surface area contributed by atoms with E-state index in [0.29, 0.717) is 28.5 Å². The second-order valence-corrected chi connectivity index (χ2v) is 9.79. The Bertz CT molecular complexity index is 854. The zero-order chi connectivity index (χ0) is 21.5. The van der Waals surface area contributed by atoms with E-state index in [9.17, 15) is 14.4 Å². The summed E-state index contributed by atoms with van der Waals surface area (Å²) in [6.07, 6.45) is 6.52. The van der Waals surface area contributed by atoms with Crippen LogP contribution in [-0.4, -0.2) is 35.9 Å². The minimum Gasteiger partial charge on any atom is -0.454 e. The van der Waals surface area contributed by atoms with E-state index in [1.54, 1.807) is 6.92 Å². The minimum atomic E-state index is -0.658. The fraction of sp³-hybridized carbons (Fsp3) is 0.619. The van der Waals surface area contributed by atoms with E-state index in [2.05, 4.69) is 15.6 Å². The van der Waals surface area contributed by atoms with Crippen LogP contribution >= 0.6 is 23.2 Å². The lowest BCUT2D eigenvalue weighted by Crippen LogP contribution is -2.54. The number of anilines is 1. The third kappa shape index (κ3) is 4.42. The highest BCUT2D eigenvalue weighted by Crippen LogP contribution is 2.60. The number of amides is 2. The van der Waals surface area contributed by atoms with Crippen molar-refractivity contribution >= 4 is 46.8 Å². The first kappa shape index (κ1) is 21.4. The predicted octanol–water partition coefficient (Wildman–Crippen LogP) is 3.51. The molecule has 4 bridgehead atoms. The summed E-state index contributed by atoms with van der Waals surface area (Å²) < 4.78 is 4.98. The molecule has 0 atom stereocenters. The van der Waals surface area contributed by atoms with Crippen molar-refractivity contribution in [2.75, 3.05) is 18.5 Å². The molecule has 1 aromatic rings. The number of carbonyl (C=O) groups is 3. The number of carbonyl (C=O) groups excluding carboxylic acids is 3. The first-order chi connectivity index (χ1) is 14.2. The second kappa shape index (κ2) is 8.35. The van der Waals surface area contributed by atoms with E-state index in [0.717, 1.165) is 19.3 Å². The highest BCUT2D eigenvalue weighted by Gasteiger charge is 2.54. The van der Waals surface area contributed by atoms with Crippen LogP contribution in [0.2, 0.25) is 10.0 Å². The summed E-state index contributed by atoms with van der Waals surface area (Å²) in [6, 6.07) is 1.48. The maximum absolute atomic E-state index is 12.8. The van der Waals surface area contributed by atoms with Gasteiger partial charge in [-0.25, -0.2) is 4.98 Å². The molecule has 4 aliphatic rings. The van der Waals surface area contributed by atoms with Gasteiger partial charge in [-0.1, -0.05) is 23.2 Å². The molecule has 0 spiro atoms. The van der Waals surface area contributed by atoms with Crippen LogP contribution in [0.4, 0.5) is 5.82 Å². The Morgan fingerprint density at radius 3 is 2.30 bits per heavy atom. The number of rotatable bonds is 6. The Balaban J connectivity index is 1.23. The van der Waals surface area contributed by atoms with Crippen molar-refractivity contribution in [1.29, 1.82) is 0 Å². The molecule has 1 heterocycles. The summed E-state index contributed by atoms with van der Waals surface area (Å²) in [5.41, 5.74) is 0.196. The van der Waals surface area contributed by atoms with Gasteiger partial charge in [0, 0.05) is 5.41 Å². The molecule has 0 radical (unpaired) electrons. The Morgan fingerprint density at radius 1 is 1.10 bits per heavy atom. The maximum Gasteiger partial charge on any atom is 0.325 e. The molecule has 4 saturated carbocycles. The summed E-state index contributed by atoms with van der Waals surface area (Å²) in [7, 11) is 0. The van der Waals surface area contributed by atoms with Gasteiger partial charge in [0.25, 0.3) is 5.91 Å². The number of ether oxygens (including phenoxy) is 1. The van der Waals surface area contributed by atoms with E-state index in [1.807, 2.05) is 0 Å². The SMILES string of the molecule is Cc1nc(NC(=O)COC(=O)CNC(=O)C23CC4CC(CC(C4)C2)C3)c(Cl)cc1Cl. The van der Waals surface area contributed by atoms with Crippen LogP contribution in [0.1, 0.15) is 44.2 Å². The summed E-state index contributed by atoms with van der Waals surface area (Å²) in [5, 5.41) is 5.80. The lowest BCUT2D eigenvalue weighted by molar-refractivity contribution is -0.152. The summed E-state index contributed by atoms with van der Waals surface area (Å²) in [5.74, 6) is 0.811. The number of nitrogens with one attached hydrogen (secondary N) is 2. The van der Waals surface area contributed by atoms with Crippen LogP contribution in [0.25, 0.3) is 0 Å². The van der Waals surface area contributed by atoms with E-state index >= 15 is 0 Å². The van der Waals surface area contributed by atoms with Crippen LogP contribution in [0, 0.1) is 30.1 Å². The van der Waals surface area contributed by atoms with Gasteiger partial charge in [0.1, 0.15) is 6.54 Å². The first-order valence-corrected chi connectivity index (χ1v) is 11.1. The zero-order valence-electron chi connectivity index (χ0n) is 16.8. The van der Waals surface area contributed by atoms with Crippen molar-refractivity contribution in [1.82, 2.24) is 10.3 Å². The molecular formula is C21H25Cl2N3O4. The van der Waals surface area contributed by atoms with Crippen molar-refractivity contribution in [3.63, 3.8) is 0 Å². The molecule has 30 heavy (non-hydrogen) atoms. The summed E-state index contributed by atoms with van der Waals surface area (Å²) >= 11 is 11.9. The highest BCUT2D eigenvalue weighted by molar-refractivity contribution is 6.36. The molecule has 0 aromatic carbocycles. The molecule has 4 aliphatic carbocycles. The molecule has 2 amide bonds. The second-order valence-electron chi connectivity index (χ2n) is 8.98. The molecule has 2 N–H and O–H groups in total. The van der Waals surface area contributed by atoms with Crippen LogP contribution < -0.4 is 10.6 Å². The van der Waals surface area contributed by atoms with Gasteiger partial charge in [-0.05, 0) is 69.3 Å². The van der Waals surface area contributed by atoms with Gasteiger partial charge in [0.2, 0.25) is 5.91 Å². The number of hydrogen-bond acceptors (Lipinski definition) is 5. The fourth-order valence-electron chi connectivity index (χ4n) is 5.74. The monoisotopic (exact) mass is 453 g/mol. The smallest absolute Gasteiger partial charge is 0.325 e. The van der Waals surface area contributed by atoms with Crippen LogP contribution in [0.15, 0.2) is 6.07 Å². The molecule has 0 saturated heterocycles. The molecule has 0 aliphatic heterocycles. The standard InChI is InChI=1S/C21H25Cl2N3O4/c1-11-15(22)5-16(23)19(25-11)26-17(27)10-30-18(28)9-24-20(29)21-6-12-2-13(7-21)4-14(3-12)8-21/h5,12-14H,2-4,6-10H2,1H3,(H,24,29)(H,25,26,27). The van der Waals surface area contributed by atoms with Crippen molar-refractivity contribution in [2.24, 2.45) is 23.2 Å². The van der Waals surface area contributed by atoms with E-state index in [-0.39, 0.29) is 28.7 Å².